The van der Waals surface area contributed by atoms with Gasteiger partial charge >= 0.3 is 0 Å². The van der Waals surface area contributed by atoms with Crippen LogP contribution < -0.4 is 9.80 Å². The molecule has 0 amide bonds. The largest absolute Gasteiger partial charge is 0.354 e. The summed E-state index contributed by atoms with van der Waals surface area (Å²) in [4.78, 5) is 18.6. The summed E-state index contributed by atoms with van der Waals surface area (Å²) >= 11 is 0. The van der Waals surface area contributed by atoms with Gasteiger partial charge in [0.1, 0.15) is 18.0 Å². The molecule has 146 valence electrons. The molecule has 2 aliphatic rings. The number of hydrogen-bond donors (Lipinski definition) is 0. The van der Waals surface area contributed by atoms with E-state index in [1.54, 1.807) is 6.33 Å². The predicted molar refractivity (Wildman–Crippen MR) is 108 cm³/mol. The number of aromatic nitrogens is 6. The summed E-state index contributed by atoms with van der Waals surface area (Å²) < 4.78 is 2.06. The van der Waals surface area contributed by atoms with Gasteiger partial charge in [-0.1, -0.05) is 6.92 Å². The van der Waals surface area contributed by atoms with Crippen molar-refractivity contribution < 1.29 is 0 Å². The minimum atomic E-state index is 0.854. The van der Waals surface area contributed by atoms with E-state index >= 15 is 0 Å². The van der Waals surface area contributed by atoms with Crippen LogP contribution in [0.2, 0.25) is 0 Å². The second-order valence-electron chi connectivity index (χ2n) is 7.57. The van der Waals surface area contributed by atoms with Gasteiger partial charge in [0.25, 0.3) is 0 Å². The molecular weight excluding hydrogens is 352 g/mol. The Morgan fingerprint density at radius 3 is 2.54 bits per heavy atom. The highest BCUT2D eigenvalue weighted by atomic mass is 15.3. The first-order valence-corrected chi connectivity index (χ1v) is 10.4. The van der Waals surface area contributed by atoms with Crippen molar-refractivity contribution >= 4 is 17.3 Å². The van der Waals surface area contributed by atoms with E-state index in [1.165, 1.54) is 24.1 Å². The lowest BCUT2D eigenvalue weighted by molar-refractivity contribution is 0.654. The van der Waals surface area contributed by atoms with Gasteiger partial charge in [-0.3, -0.25) is 4.40 Å². The Morgan fingerprint density at radius 1 is 0.857 bits per heavy atom. The van der Waals surface area contributed by atoms with Crippen LogP contribution in [0.15, 0.2) is 18.7 Å². The fraction of sp³-hybridized carbons (Fsp3) is 0.550. The van der Waals surface area contributed by atoms with Gasteiger partial charge in [0.05, 0.1) is 0 Å². The normalized spacial score (nSPS) is 17.6. The average Bonchev–Trinajstić information content (AvgIpc) is 3.02. The smallest absolute Gasteiger partial charge is 0.203 e. The Morgan fingerprint density at radius 2 is 1.68 bits per heavy atom. The summed E-state index contributed by atoms with van der Waals surface area (Å²) in [6.45, 7) is 5.91. The molecule has 0 unspecified atom stereocenters. The second-order valence-corrected chi connectivity index (χ2v) is 7.57. The standard InChI is InChI=1S/C20H26N8/c1-2-17-24-25-20-19(21-8-11-28(17)20)27-10-5-9-26(12-13-27)18-15-6-3-4-7-16(15)22-14-23-18/h8,11,14H,2-7,9-10,12-13H2,1H3. The summed E-state index contributed by atoms with van der Waals surface area (Å²) in [7, 11) is 0. The molecule has 1 fully saturated rings. The number of aryl methyl sites for hydroxylation is 2. The maximum atomic E-state index is 4.67. The molecule has 5 rings (SSSR count). The lowest BCUT2D eigenvalue weighted by atomic mass is 9.96. The Hall–Kier alpha value is -2.77. The molecule has 0 N–H and O–H groups in total. The predicted octanol–water partition coefficient (Wildman–Crippen LogP) is 2.07. The van der Waals surface area contributed by atoms with Crippen molar-refractivity contribution in [3.05, 3.63) is 35.8 Å². The molecule has 1 aliphatic heterocycles. The molecule has 8 nitrogen and oxygen atoms in total. The first-order valence-electron chi connectivity index (χ1n) is 10.4. The highest BCUT2D eigenvalue weighted by Gasteiger charge is 2.24. The molecule has 0 spiro atoms. The van der Waals surface area contributed by atoms with Crippen molar-refractivity contribution in [2.75, 3.05) is 36.0 Å². The summed E-state index contributed by atoms with van der Waals surface area (Å²) in [6.07, 6.45) is 12.1. The van der Waals surface area contributed by atoms with Crippen LogP contribution in [-0.2, 0) is 19.3 Å². The number of anilines is 2. The molecule has 8 heteroatoms. The maximum Gasteiger partial charge on any atom is 0.203 e. The van der Waals surface area contributed by atoms with Crippen LogP contribution in [0.5, 0.6) is 0 Å². The average molecular weight is 378 g/mol. The van der Waals surface area contributed by atoms with Crippen molar-refractivity contribution in [1.82, 2.24) is 29.5 Å². The monoisotopic (exact) mass is 378 g/mol. The second kappa shape index (κ2) is 7.33. The quantitative estimate of drug-likeness (QED) is 0.691. The summed E-state index contributed by atoms with van der Waals surface area (Å²) in [5.74, 6) is 3.05. The van der Waals surface area contributed by atoms with Gasteiger partial charge in [-0.2, -0.15) is 0 Å². The highest BCUT2D eigenvalue weighted by molar-refractivity contribution is 5.64. The topological polar surface area (TPSA) is 75.3 Å². The van der Waals surface area contributed by atoms with Crippen LogP contribution in [-0.4, -0.2) is 55.7 Å². The van der Waals surface area contributed by atoms with E-state index in [-0.39, 0.29) is 0 Å². The first kappa shape index (κ1) is 17.3. The lowest BCUT2D eigenvalue weighted by Crippen LogP contribution is -2.33. The number of fused-ring (bicyclic) bond motifs is 2. The van der Waals surface area contributed by atoms with Crippen LogP contribution in [0.3, 0.4) is 0 Å². The Labute approximate surface area is 164 Å². The Bertz CT molecular complexity index is 981. The van der Waals surface area contributed by atoms with Crippen molar-refractivity contribution in [2.45, 2.75) is 45.4 Å². The van der Waals surface area contributed by atoms with Crippen molar-refractivity contribution in [2.24, 2.45) is 0 Å². The fourth-order valence-electron chi connectivity index (χ4n) is 4.44. The van der Waals surface area contributed by atoms with Crippen molar-refractivity contribution in [3.63, 3.8) is 0 Å². The third-order valence-electron chi connectivity index (χ3n) is 5.89. The molecule has 1 aliphatic carbocycles. The molecule has 0 aromatic carbocycles. The van der Waals surface area contributed by atoms with E-state index in [0.29, 0.717) is 0 Å². The SMILES string of the molecule is CCc1nnc2c(N3CCCN(c4ncnc5c4CCCC5)CC3)nccn12. The summed E-state index contributed by atoms with van der Waals surface area (Å²) in [5, 5.41) is 8.73. The number of nitrogens with zero attached hydrogens (tertiary/aromatic N) is 8. The third kappa shape index (κ3) is 2.96. The summed E-state index contributed by atoms with van der Waals surface area (Å²) in [6, 6.07) is 0. The van der Waals surface area contributed by atoms with E-state index in [2.05, 4.69) is 46.3 Å². The van der Waals surface area contributed by atoms with Gasteiger partial charge < -0.3 is 9.80 Å². The van der Waals surface area contributed by atoms with Gasteiger partial charge in [-0.15, -0.1) is 10.2 Å². The van der Waals surface area contributed by atoms with E-state index in [1.807, 2.05) is 12.4 Å². The minimum Gasteiger partial charge on any atom is -0.354 e. The molecule has 0 bridgehead atoms. The van der Waals surface area contributed by atoms with Gasteiger partial charge in [-0.25, -0.2) is 15.0 Å². The molecule has 0 radical (unpaired) electrons. The number of hydrogen-bond acceptors (Lipinski definition) is 7. The maximum absolute atomic E-state index is 4.67. The third-order valence-corrected chi connectivity index (χ3v) is 5.89. The zero-order valence-electron chi connectivity index (χ0n) is 16.4. The number of rotatable bonds is 3. The van der Waals surface area contributed by atoms with Crippen LogP contribution in [0.4, 0.5) is 11.6 Å². The molecule has 3 aromatic rings. The van der Waals surface area contributed by atoms with Crippen LogP contribution in [0.25, 0.3) is 5.65 Å². The Balaban J connectivity index is 1.41. The van der Waals surface area contributed by atoms with Gasteiger partial charge in [0, 0.05) is 56.3 Å². The molecule has 4 heterocycles. The zero-order valence-corrected chi connectivity index (χ0v) is 16.4. The molecular formula is C20H26N8. The molecule has 0 saturated carbocycles. The van der Waals surface area contributed by atoms with E-state index in [4.69, 9.17) is 0 Å². The van der Waals surface area contributed by atoms with Crippen molar-refractivity contribution in [3.8, 4) is 0 Å². The Kier molecular flexibility index (Phi) is 4.54. The van der Waals surface area contributed by atoms with E-state index < -0.39 is 0 Å². The molecule has 28 heavy (non-hydrogen) atoms. The van der Waals surface area contributed by atoms with Crippen molar-refractivity contribution in [1.29, 1.82) is 0 Å². The van der Waals surface area contributed by atoms with E-state index in [0.717, 1.165) is 75.0 Å². The fourth-order valence-corrected chi connectivity index (χ4v) is 4.44. The van der Waals surface area contributed by atoms with Gasteiger partial charge in [0.2, 0.25) is 5.65 Å². The zero-order chi connectivity index (χ0) is 18.9. The highest BCUT2D eigenvalue weighted by Crippen LogP contribution is 2.28. The molecule has 3 aromatic heterocycles. The molecule has 0 atom stereocenters. The van der Waals surface area contributed by atoms with Crippen LogP contribution in [0.1, 0.15) is 43.3 Å². The van der Waals surface area contributed by atoms with E-state index in [9.17, 15) is 0 Å². The first-order chi connectivity index (χ1) is 13.8. The van der Waals surface area contributed by atoms with Gasteiger partial charge in [-0.05, 0) is 32.1 Å². The lowest BCUT2D eigenvalue weighted by Gasteiger charge is -2.27. The minimum absolute atomic E-state index is 0.854. The summed E-state index contributed by atoms with van der Waals surface area (Å²) in [5.41, 5.74) is 3.47. The van der Waals surface area contributed by atoms with Crippen LogP contribution in [0, 0.1) is 0 Å². The molecule has 1 saturated heterocycles. The van der Waals surface area contributed by atoms with Gasteiger partial charge in [0.15, 0.2) is 5.82 Å². The van der Waals surface area contributed by atoms with Crippen LogP contribution >= 0.6 is 0 Å².